The van der Waals surface area contributed by atoms with E-state index >= 15 is 0 Å². The maximum Gasteiger partial charge on any atom is 0.114 e. The van der Waals surface area contributed by atoms with Gasteiger partial charge in [0.2, 0.25) is 0 Å². The Morgan fingerprint density at radius 2 is 2.00 bits per heavy atom. The van der Waals surface area contributed by atoms with Crippen LogP contribution in [0.25, 0.3) is 5.52 Å². The van der Waals surface area contributed by atoms with E-state index in [-0.39, 0.29) is 0 Å². The normalized spacial score (nSPS) is 17.6. The molecular weight excluding hydrogens is 210 g/mol. The molecule has 0 radical (unpaired) electrons. The molecule has 1 aliphatic rings. The second-order valence-corrected chi connectivity index (χ2v) is 4.82. The number of hydrogen-bond donors (Lipinski definition) is 0. The summed E-state index contributed by atoms with van der Waals surface area (Å²) in [5.41, 5.74) is 1.20. The van der Waals surface area contributed by atoms with Crippen molar-refractivity contribution in [3.8, 4) is 0 Å². The molecule has 0 saturated carbocycles. The van der Waals surface area contributed by atoms with Crippen molar-refractivity contribution in [3.05, 3.63) is 36.4 Å². The lowest BCUT2D eigenvalue weighted by molar-refractivity contribution is 0.230. The van der Waals surface area contributed by atoms with Crippen molar-refractivity contribution in [2.24, 2.45) is 0 Å². The van der Waals surface area contributed by atoms with Crippen LogP contribution in [0.2, 0.25) is 0 Å². The highest BCUT2D eigenvalue weighted by atomic mass is 15.1. The van der Waals surface area contributed by atoms with E-state index in [1.807, 2.05) is 6.20 Å². The summed E-state index contributed by atoms with van der Waals surface area (Å²) in [6.07, 6.45) is 9.26. The Labute approximate surface area is 102 Å². The molecule has 0 atom stereocenters. The number of piperidine rings is 1. The zero-order valence-electron chi connectivity index (χ0n) is 10.2. The number of rotatable bonds is 3. The van der Waals surface area contributed by atoms with Crippen molar-refractivity contribution in [3.63, 3.8) is 0 Å². The number of likely N-dealkylation sites (tertiary alicyclic amines) is 1. The van der Waals surface area contributed by atoms with E-state index in [2.05, 4.69) is 38.7 Å². The highest BCUT2D eigenvalue weighted by Gasteiger charge is 2.11. The molecule has 0 bridgehead atoms. The minimum absolute atomic E-state index is 1.05. The van der Waals surface area contributed by atoms with Gasteiger partial charge in [-0.05, 0) is 38.1 Å². The van der Waals surface area contributed by atoms with Gasteiger partial charge in [0.15, 0.2) is 0 Å². The van der Waals surface area contributed by atoms with Crippen LogP contribution in [0.1, 0.15) is 25.1 Å². The van der Waals surface area contributed by atoms with Crippen molar-refractivity contribution in [1.29, 1.82) is 0 Å². The quantitative estimate of drug-likeness (QED) is 0.805. The second kappa shape index (κ2) is 4.88. The van der Waals surface area contributed by atoms with Crippen LogP contribution in [-0.2, 0) is 6.42 Å². The average Bonchev–Trinajstić information content (AvgIpc) is 2.81. The maximum atomic E-state index is 4.52. The van der Waals surface area contributed by atoms with E-state index in [0.29, 0.717) is 0 Å². The lowest BCUT2D eigenvalue weighted by atomic mass is 10.1. The topological polar surface area (TPSA) is 20.5 Å². The predicted octanol–water partition coefficient (Wildman–Crippen LogP) is 2.36. The summed E-state index contributed by atoms with van der Waals surface area (Å²) >= 11 is 0. The van der Waals surface area contributed by atoms with E-state index in [0.717, 1.165) is 13.0 Å². The van der Waals surface area contributed by atoms with Gasteiger partial charge in [0, 0.05) is 19.2 Å². The molecule has 3 heteroatoms. The average molecular weight is 229 g/mol. The number of aromatic nitrogens is 2. The van der Waals surface area contributed by atoms with E-state index in [1.165, 1.54) is 43.7 Å². The smallest absolute Gasteiger partial charge is 0.114 e. The Hall–Kier alpha value is -1.35. The van der Waals surface area contributed by atoms with Gasteiger partial charge >= 0.3 is 0 Å². The van der Waals surface area contributed by atoms with Crippen LogP contribution in [0.4, 0.5) is 0 Å². The van der Waals surface area contributed by atoms with Gasteiger partial charge in [-0.15, -0.1) is 0 Å². The van der Waals surface area contributed by atoms with Crippen molar-refractivity contribution in [2.45, 2.75) is 25.7 Å². The fourth-order valence-corrected chi connectivity index (χ4v) is 2.63. The van der Waals surface area contributed by atoms with Crippen molar-refractivity contribution in [1.82, 2.24) is 14.3 Å². The van der Waals surface area contributed by atoms with Gasteiger partial charge in [-0.1, -0.05) is 12.5 Å². The lowest BCUT2D eigenvalue weighted by Gasteiger charge is -2.25. The number of hydrogen-bond acceptors (Lipinski definition) is 2. The number of pyridine rings is 1. The van der Waals surface area contributed by atoms with E-state index in [4.69, 9.17) is 0 Å². The second-order valence-electron chi connectivity index (χ2n) is 4.82. The first-order chi connectivity index (χ1) is 8.43. The summed E-state index contributed by atoms with van der Waals surface area (Å²) in [4.78, 5) is 7.08. The molecular formula is C14H19N3. The third-order valence-corrected chi connectivity index (χ3v) is 3.62. The van der Waals surface area contributed by atoms with Crippen molar-refractivity contribution >= 4 is 5.52 Å². The third kappa shape index (κ3) is 2.34. The van der Waals surface area contributed by atoms with Gasteiger partial charge < -0.3 is 9.30 Å². The Balaban J connectivity index is 1.68. The first-order valence-corrected chi connectivity index (χ1v) is 6.57. The molecule has 0 spiro atoms. The van der Waals surface area contributed by atoms with Gasteiger partial charge in [-0.2, -0.15) is 0 Å². The van der Waals surface area contributed by atoms with Crippen LogP contribution in [0.5, 0.6) is 0 Å². The lowest BCUT2D eigenvalue weighted by Crippen LogP contribution is -2.31. The van der Waals surface area contributed by atoms with Gasteiger partial charge in [0.05, 0.1) is 11.7 Å². The molecule has 2 aromatic rings. The van der Waals surface area contributed by atoms with Crippen molar-refractivity contribution in [2.75, 3.05) is 19.6 Å². The highest BCUT2D eigenvalue weighted by molar-refractivity contribution is 5.45. The van der Waals surface area contributed by atoms with E-state index in [9.17, 15) is 0 Å². The molecule has 1 aliphatic heterocycles. The fraction of sp³-hybridized carbons (Fsp3) is 0.500. The molecule has 2 aromatic heterocycles. The monoisotopic (exact) mass is 229 g/mol. The van der Waals surface area contributed by atoms with Crippen LogP contribution in [0, 0.1) is 0 Å². The molecule has 3 heterocycles. The van der Waals surface area contributed by atoms with Gasteiger partial charge in [-0.3, -0.25) is 0 Å². The zero-order chi connectivity index (χ0) is 11.5. The Morgan fingerprint density at radius 3 is 2.88 bits per heavy atom. The van der Waals surface area contributed by atoms with E-state index < -0.39 is 0 Å². The summed E-state index contributed by atoms with van der Waals surface area (Å²) in [5.74, 6) is 1.19. The van der Waals surface area contributed by atoms with E-state index in [1.54, 1.807) is 0 Å². The number of nitrogens with zero attached hydrogens (tertiary/aromatic N) is 3. The highest BCUT2D eigenvalue weighted by Crippen LogP contribution is 2.11. The molecule has 0 unspecified atom stereocenters. The zero-order valence-corrected chi connectivity index (χ0v) is 10.2. The summed E-state index contributed by atoms with van der Waals surface area (Å²) in [6, 6.07) is 6.24. The molecule has 3 nitrogen and oxygen atoms in total. The molecule has 0 N–H and O–H groups in total. The minimum Gasteiger partial charge on any atom is -0.304 e. The minimum atomic E-state index is 1.05. The molecule has 1 fully saturated rings. The van der Waals surface area contributed by atoms with Crippen LogP contribution in [-0.4, -0.2) is 33.9 Å². The van der Waals surface area contributed by atoms with Crippen LogP contribution in [0.15, 0.2) is 30.6 Å². The Bertz CT molecular complexity index is 483. The molecule has 1 saturated heterocycles. The van der Waals surface area contributed by atoms with Gasteiger partial charge in [0.25, 0.3) is 0 Å². The molecule has 0 aromatic carbocycles. The first kappa shape index (κ1) is 10.8. The predicted molar refractivity (Wildman–Crippen MR) is 69.2 cm³/mol. The Kier molecular flexibility index (Phi) is 3.10. The van der Waals surface area contributed by atoms with Crippen molar-refractivity contribution < 1.29 is 0 Å². The van der Waals surface area contributed by atoms with Crippen LogP contribution < -0.4 is 0 Å². The third-order valence-electron chi connectivity index (χ3n) is 3.62. The largest absolute Gasteiger partial charge is 0.304 e. The summed E-state index contributed by atoms with van der Waals surface area (Å²) in [7, 11) is 0. The standard InChI is InChI=1S/C14H19N3/c1-3-8-16(9-4-1)11-7-14-15-12-13-6-2-5-10-17(13)14/h2,5-6,10,12H,1,3-4,7-9,11H2. The van der Waals surface area contributed by atoms with Crippen LogP contribution >= 0.6 is 0 Å². The summed E-state index contributed by atoms with van der Waals surface area (Å²) in [6.45, 7) is 3.68. The van der Waals surface area contributed by atoms with Gasteiger partial charge in [0.1, 0.15) is 5.82 Å². The summed E-state index contributed by atoms with van der Waals surface area (Å²) < 4.78 is 2.20. The Morgan fingerprint density at radius 1 is 1.12 bits per heavy atom. The molecule has 0 aliphatic carbocycles. The molecule has 17 heavy (non-hydrogen) atoms. The number of fused-ring (bicyclic) bond motifs is 1. The summed E-state index contributed by atoms with van der Waals surface area (Å²) in [5, 5.41) is 0. The maximum absolute atomic E-state index is 4.52. The molecule has 0 amide bonds. The number of imidazole rings is 1. The molecule has 3 rings (SSSR count). The van der Waals surface area contributed by atoms with Crippen LogP contribution in [0.3, 0.4) is 0 Å². The van der Waals surface area contributed by atoms with Gasteiger partial charge in [-0.25, -0.2) is 4.98 Å². The SMILES string of the molecule is c1ccn2c(CCN3CCCCC3)ncc2c1. The fourth-order valence-electron chi connectivity index (χ4n) is 2.63. The molecule has 90 valence electrons. The first-order valence-electron chi connectivity index (χ1n) is 6.57.